The SMILES string of the molecule is Cc1cccc(OCCC(N)CO)c1C. The number of nitrogens with two attached hydrogens (primary N) is 1. The van der Waals surface area contributed by atoms with E-state index in [1.807, 2.05) is 19.1 Å². The van der Waals surface area contributed by atoms with Crippen molar-refractivity contribution in [3.8, 4) is 5.75 Å². The van der Waals surface area contributed by atoms with E-state index in [4.69, 9.17) is 15.6 Å². The van der Waals surface area contributed by atoms with Crippen LogP contribution in [0.4, 0.5) is 0 Å². The van der Waals surface area contributed by atoms with E-state index in [1.165, 1.54) is 5.56 Å². The van der Waals surface area contributed by atoms with Gasteiger partial charge >= 0.3 is 0 Å². The molecule has 0 heterocycles. The average molecular weight is 209 g/mol. The topological polar surface area (TPSA) is 55.5 Å². The Morgan fingerprint density at radius 2 is 2.13 bits per heavy atom. The zero-order valence-corrected chi connectivity index (χ0v) is 9.36. The lowest BCUT2D eigenvalue weighted by atomic mass is 10.1. The van der Waals surface area contributed by atoms with Crippen LogP contribution in [0.25, 0.3) is 0 Å². The maximum Gasteiger partial charge on any atom is 0.122 e. The highest BCUT2D eigenvalue weighted by Gasteiger charge is 2.03. The second-order valence-electron chi connectivity index (χ2n) is 3.78. The number of aliphatic hydroxyl groups excluding tert-OH is 1. The number of ether oxygens (including phenoxy) is 1. The summed E-state index contributed by atoms with van der Waals surface area (Å²) in [5, 5.41) is 8.75. The molecule has 0 aliphatic heterocycles. The molecule has 1 aromatic carbocycles. The van der Waals surface area contributed by atoms with Crippen molar-refractivity contribution >= 4 is 0 Å². The van der Waals surface area contributed by atoms with E-state index >= 15 is 0 Å². The van der Waals surface area contributed by atoms with Crippen LogP contribution in [0.2, 0.25) is 0 Å². The Kier molecular flexibility index (Phi) is 4.59. The molecule has 3 N–H and O–H groups in total. The third-order valence-corrected chi connectivity index (χ3v) is 2.54. The maximum absolute atomic E-state index is 8.75. The zero-order valence-electron chi connectivity index (χ0n) is 9.36. The molecule has 0 radical (unpaired) electrons. The van der Waals surface area contributed by atoms with Gasteiger partial charge in [0.2, 0.25) is 0 Å². The van der Waals surface area contributed by atoms with Crippen LogP contribution in [-0.2, 0) is 0 Å². The number of hydrogen-bond acceptors (Lipinski definition) is 3. The summed E-state index contributed by atoms with van der Waals surface area (Å²) in [5.41, 5.74) is 7.96. The van der Waals surface area contributed by atoms with E-state index in [0.717, 1.165) is 11.3 Å². The predicted octanol–water partition coefficient (Wildman–Crippen LogP) is 1.39. The first-order valence-electron chi connectivity index (χ1n) is 5.20. The molecule has 3 heteroatoms. The smallest absolute Gasteiger partial charge is 0.122 e. The highest BCUT2D eigenvalue weighted by Crippen LogP contribution is 2.20. The highest BCUT2D eigenvalue weighted by molar-refractivity contribution is 5.38. The average Bonchev–Trinajstić information content (AvgIpc) is 2.24. The Balaban J connectivity index is 2.47. The van der Waals surface area contributed by atoms with Crippen molar-refractivity contribution in [1.29, 1.82) is 0 Å². The monoisotopic (exact) mass is 209 g/mol. The molecule has 0 aliphatic rings. The van der Waals surface area contributed by atoms with Gasteiger partial charge < -0.3 is 15.6 Å². The van der Waals surface area contributed by atoms with Gasteiger partial charge in [0.05, 0.1) is 13.2 Å². The molecule has 1 unspecified atom stereocenters. The van der Waals surface area contributed by atoms with Gasteiger partial charge in [-0.1, -0.05) is 12.1 Å². The van der Waals surface area contributed by atoms with E-state index in [2.05, 4.69) is 13.0 Å². The fourth-order valence-corrected chi connectivity index (χ4v) is 1.29. The van der Waals surface area contributed by atoms with Gasteiger partial charge in [-0.2, -0.15) is 0 Å². The molecular formula is C12H19NO2. The van der Waals surface area contributed by atoms with Crippen molar-refractivity contribution in [3.05, 3.63) is 29.3 Å². The van der Waals surface area contributed by atoms with Crippen LogP contribution in [0.1, 0.15) is 17.5 Å². The largest absolute Gasteiger partial charge is 0.493 e. The van der Waals surface area contributed by atoms with Gasteiger partial charge in [0, 0.05) is 6.04 Å². The highest BCUT2D eigenvalue weighted by atomic mass is 16.5. The number of rotatable bonds is 5. The summed E-state index contributed by atoms with van der Waals surface area (Å²) in [6.07, 6.45) is 0.671. The van der Waals surface area contributed by atoms with Crippen molar-refractivity contribution in [2.45, 2.75) is 26.3 Å². The molecule has 84 valence electrons. The second kappa shape index (κ2) is 5.73. The van der Waals surface area contributed by atoms with Crippen molar-refractivity contribution < 1.29 is 9.84 Å². The van der Waals surface area contributed by atoms with E-state index < -0.39 is 0 Å². The summed E-state index contributed by atoms with van der Waals surface area (Å²) in [6, 6.07) is 5.80. The van der Waals surface area contributed by atoms with Crippen LogP contribution in [0, 0.1) is 13.8 Å². The minimum absolute atomic E-state index is 0.0101. The second-order valence-corrected chi connectivity index (χ2v) is 3.78. The molecular weight excluding hydrogens is 190 g/mol. The normalized spacial score (nSPS) is 12.5. The molecule has 0 fully saturated rings. The van der Waals surface area contributed by atoms with Crippen LogP contribution in [0.15, 0.2) is 18.2 Å². The summed E-state index contributed by atoms with van der Waals surface area (Å²) in [6.45, 7) is 4.65. The van der Waals surface area contributed by atoms with Gasteiger partial charge in [-0.25, -0.2) is 0 Å². The van der Waals surface area contributed by atoms with Crippen molar-refractivity contribution in [2.24, 2.45) is 5.73 Å². The molecule has 0 aromatic heterocycles. The zero-order chi connectivity index (χ0) is 11.3. The molecule has 0 bridgehead atoms. The molecule has 1 aromatic rings. The van der Waals surface area contributed by atoms with Gasteiger partial charge in [0.15, 0.2) is 0 Å². The fraction of sp³-hybridized carbons (Fsp3) is 0.500. The lowest BCUT2D eigenvalue weighted by molar-refractivity contribution is 0.230. The first kappa shape index (κ1) is 12.0. The van der Waals surface area contributed by atoms with E-state index in [9.17, 15) is 0 Å². The lowest BCUT2D eigenvalue weighted by Gasteiger charge is -2.12. The van der Waals surface area contributed by atoms with E-state index in [0.29, 0.717) is 13.0 Å². The summed E-state index contributed by atoms with van der Waals surface area (Å²) in [4.78, 5) is 0. The van der Waals surface area contributed by atoms with Crippen LogP contribution in [0.3, 0.4) is 0 Å². The standard InChI is InChI=1S/C12H19NO2/c1-9-4-3-5-12(10(9)2)15-7-6-11(13)8-14/h3-5,11,14H,6-8,13H2,1-2H3. The lowest BCUT2D eigenvalue weighted by Crippen LogP contribution is -2.26. The molecule has 1 rings (SSSR count). The van der Waals surface area contributed by atoms with Gasteiger partial charge in [-0.15, -0.1) is 0 Å². The molecule has 0 spiro atoms. The van der Waals surface area contributed by atoms with Gasteiger partial charge in [0.1, 0.15) is 5.75 Å². The van der Waals surface area contributed by atoms with Gasteiger partial charge in [-0.05, 0) is 37.5 Å². The van der Waals surface area contributed by atoms with Crippen molar-refractivity contribution in [1.82, 2.24) is 0 Å². The molecule has 15 heavy (non-hydrogen) atoms. The summed E-state index contributed by atoms with van der Waals surface area (Å²) >= 11 is 0. The Bertz CT molecular complexity index is 312. The van der Waals surface area contributed by atoms with E-state index in [-0.39, 0.29) is 12.6 Å². The Morgan fingerprint density at radius 3 is 2.80 bits per heavy atom. The fourth-order valence-electron chi connectivity index (χ4n) is 1.29. The minimum Gasteiger partial charge on any atom is -0.493 e. The number of hydrogen-bond donors (Lipinski definition) is 2. The van der Waals surface area contributed by atoms with Crippen molar-refractivity contribution in [3.63, 3.8) is 0 Å². The molecule has 0 amide bonds. The number of aryl methyl sites for hydroxylation is 1. The Labute approximate surface area is 90.9 Å². The van der Waals surface area contributed by atoms with Crippen LogP contribution in [0.5, 0.6) is 5.75 Å². The van der Waals surface area contributed by atoms with Crippen LogP contribution < -0.4 is 10.5 Å². The van der Waals surface area contributed by atoms with Gasteiger partial charge in [-0.3, -0.25) is 0 Å². The maximum atomic E-state index is 8.75. The van der Waals surface area contributed by atoms with Crippen LogP contribution >= 0.6 is 0 Å². The molecule has 0 aliphatic carbocycles. The number of benzene rings is 1. The number of aliphatic hydroxyl groups is 1. The Hall–Kier alpha value is -1.06. The van der Waals surface area contributed by atoms with Gasteiger partial charge in [0.25, 0.3) is 0 Å². The molecule has 1 atom stereocenters. The predicted molar refractivity (Wildman–Crippen MR) is 61.1 cm³/mol. The van der Waals surface area contributed by atoms with E-state index in [1.54, 1.807) is 0 Å². The van der Waals surface area contributed by atoms with Crippen molar-refractivity contribution in [2.75, 3.05) is 13.2 Å². The molecule has 3 nitrogen and oxygen atoms in total. The van der Waals surface area contributed by atoms with Crippen LogP contribution in [-0.4, -0.2) is 24.4 Å². The quantitative estimate of drug-likeness (QED) is 0.770. The summed E-state index contributed by atoms with van der Waals surface area (Å²) in [7, 11) is 0. The third kappa shape index (κ3) is 3.53. The first-order valence-corrected chi connectivity index (χ1v) is 5.20. The Morgan fingerprint density at radius 1 is 1.40 bits per heavy atom. The molecule has 0 saturated heterocycles. The summed E-state index contributed by atoms with van der Waals surface area (Å²) in [5.74, 6) is 0.903. The summed E-state index contributed by atoms with van der Waals surface area (Å²) < 4.78 is 5.60. The molecule has 0 saturated carbocycles. The third-order valence-electron chi connectivity index (χ3n) is 2.54. The first-order chi connectivity index (χ1) is 7.15. The minimum atomic E-state index is -0.185.